The zero-order chi connectivity index (χ0) is 13.1. The number of ether oxygens (including phenoxy) is 1. The van der Waals surface area contributed by atoms with E-state index < -0.39 is 10.0 Å². The van der Waals surface area contributed by atoms with Crippen LogP contribution in [-0.2, 0) is 10.0 Å². The van der Waals surface area contributed by atoms with E-state index in [0.717, 1.165) is 0 Å². The van der Waals surface area contributed by atoms with Crippen molar-refractivity contribution in [2.75, 3.05) is 19.4 Å². The van der Waals surface area contributed by atoms with Gasteiger partial charge in [0.25, 0.3) is 0 Å². The largest absolute Gasteiger partial charge is 0.495 e. The number of halogens is 1. The number of nitrogen functional groups attached to an aromatic ring is 1. The first-order valence-electron chi connectivity index (χ1n) is 4.63. The maximum absolute atomic E-state index is 11.8. The summed E-state index contributed by atoms with van der Waals surface area (Å²) in [4.78, 5) is 0.0947. The summed E-state index contributed by atoms with van der Waals surface area (Å²) in [6.07, 6.45) is 0. The van der Waals surface area contributed by atoms with Gasteiger partial charge in [-0.15, -0.1) is 0 Å². The number of hydrogen-bond acceptors (Lipinski definition) is 4. The highest BCUT2D eigenvalue weighted by molar-refractivity contribution is 9.11. The highest BCUT2D eigenvalue weighted by Crippen LogP contribution is 2.24. The third-order valence-corrected chi connectivity index (χ3v) is 3.65. The first kappa shape index (κ1) is 14.0. The highest BCUT2D eigenvalue weighted by Gasteiger charge is 2.15. The molecule has 0 amide bonds. The van der Waals surface area contributed by atoms with Gasteiger partial charge in [0.15, 0.2) is 0 Å². The fourth-order valence-electron chi connectivity index (χ4n) is 1.12. The van der Waals surface area contributed by atoms with E-state index in [9.17, 15) is 8.42 Å². The van der Waals surface area contributed by atoms with Crippen LogP contribution in [0.15, 0.2) is 34.2 Å². The molecule has 0 unspecified atom stereocenters. The average Bonchev–Trinajstić information content (AvgIpc) is 2.27. The van der Waals surface area contributed by atoms with Crippen LogP contribution in [0, 0.1) is 0 Å². The molecule has 0 fully saturated rings. The van der Waals surface area contributed by atoms with Crippen molar-refractivity contribution in [3.8, 4) is 5.75 Å². The molecule has 5 nitrogen and oxygen atoms in total. The van der Waals surface area contributed by atoms with E-state index in [-0.39, 0.29) is 11.4 Å². The molecule has 1 aromatic carbocycles. The Balaban J connectivity index is 3.03. The van der Waals surface area contributed by atoms with E-state index >= 15 is 0 Å². The molecule has 3 N–H and O–H groups in total. The van der Waals surface area contributed by atoms with E-state index in [2.05, 4.69) is 27.2 Å². The predicted octanol–water partition coefficient (Wildman–Crippen LogP) is 1.46. The van der Waals surface area contributed by atoms with Gasteiger partial charge in [-0.25, -0.2) is 13.1 Å². The number of methoxy groups -OCH3 is 1. The molecule has 0 heterocycles. The standard InChI is InChI=1S/C10H13BrN2O3S/c1-7(11)6-13-17(14,15)8-3-4-9(12)10(5-8)16-2/h3-5,13H,1,6,12H2,2H3. The van der Waals surface area contributed by atoms with Crippen molar-refractivity contribution in [2.45, 2.75) is 4.90 Å². The second kappa shape index (κ2) is 5.52. The van der Waals surface area contributed by atoms with Gasteiger partial charge in [0.1, 0.15) is 5.75 Å². The van der Waals surface area contributed by atoms with E-state index in [1.165, 1.54) is 25.3 Å². The molecule has 0 aromatic heterocycles. The molecule has 0 aliphatic rings. The van der Waals surface area contributed by atoms with Gasteiger partial charge < -0.3 is 10.5 Å². The van der Waals surface area contributed by atoms with Crippen LogP contribution >= 0.6 is 15.9 Å². The van der Waals surface area contributed by atoms with Crippen molar-refractivity contribution in [1.29, 1.82) is 0 Å². The maximum Gasteiger partial charge on any atom is 0.241 e. The van der Waals surface area contributed by atoms with Crippen LogP contribution in [0.4, 0.5) is 5.69 Å². The van der Waals surface area contributed by atoms with Crippen molar-refractivity contribution in [2.24, 2.45) is 0 Å². The molecular weight excluding hydrogens is 308 g/mol. The maximum atomic E-state index is 11.8. The van der Waals surface area contributed by atoms with E-state index in [4.69, 9.17) is 10.5 Å². The van der Waals surface area contributed by atoms with Gasteiger partial charge >= 0.3 is 0 Å². The van der Waals surface area contributed by atoms with E-state index in [0.29, 0.717) is 15.9 Å². The number of sulfonamides is 1. The molecule has 0 atom stereocenters. The quantitative estimate of drug-likeness (QED) is 0.805. The molecule has 94 valence electrons. The summed E-state index contributed by atoms with van der Waals surface area (Å²) in [7, 11) is -2.15. The Labute approximate surface area is 109 Å². The highest BCUT2D eigenvalue weighted by atomic mass is 79.9. The molecule has 0 bridgehead atoms. The lowest BCUT2D eigenvalue weighted by Gasteiger charge is -2.09. The smallest absolute Gasteiger partial charge is 0.241 e. The molecule has 0 saturated carbocycles. The van der Waals surface area contributed by atoms with Crippen LogP contribution in [0.2, 0.25) is 0 Å². The molecule has 7 heteroatoms. The van der Waals surface area contributed by atoms with Gasteiger partial charge in [0.05, 0.1) is 17.7 Å². The second-order valence-corrected chi connectivity index (χ2v) is 6.13. The molecule has 0 radical (unpaired) electrons. The van der Waals surface area contributed by atoms with Crippen molar-refractivity contribution in [3.63, 3.8) is 0 Å². The Morgan fingerprint density at radius 2 is 2.24 bits per heavy atom. The Hall–Kier alpha value is -1.05. The summed E-state index contributed by atoms with van der Waals surface area (Å²) < 4.78 is 31.6. The molecule has 0 aliphatic carbocycles. The summed E-state index contributed by atoms with van der Waals surface area (Å²) >= 11 is 3.07. The van der Waals surface area contributed by atoms with Crippen molar-refractivity contribution in [3.05, 3.63) is 29.3 Å². The van der Waals surface area contributed by atoms with Gasteiger partial charge in [0, 0.05) is 17.1 Å². The fraction of sp³-hybridized carbons (Fsp3) is 0.200. The molecule has 1 aromatic rings. The Morgan fingerprint density at radius 1 is 1.59 bits per heavy atom. The Kier molecular flexibility index (Phi) is 4.55. The Morgan fingerprint density at radius 3 is 2.76 bits per heavy atom. The van der Waals surface area contributed by atoms with Crippen LogP contribution < -0.4 is 15.2 Å². The number of nitrogens with two attached hydrogens (primary N) is 1. The molecular formula is C10H13BrN2O3S. The van der Waals surface area contributed by atoms with Crippen molar-refractivity contribution >= 4 is 31.6 Å². The topological polar surface area (TPSA) is 81.4 Å². The summed E-state index contributed by atoms with van der Waals surface area (Å²) in [6.45, 7) is 3.66. The van der Waals surface area contributed by atoms with Crippen LogP contribution in [0.25, 0.3) is 0 Å². The van der Waals surface area contributed by atoms with Gasteiger partial charge in [-0.05, 0) is 12.1 Å². The number of hydrogen-bond donors (Lipinski definition) is 2. The third kappa shape index (κ3) is 3.72. The van der Waals surface area contributed by atoms with Crippen LogP contribution in [0.5, 0.6) is 5.75 Å². The molecule has 17 heavy (non-hydrogen) atoms. The van der Waals surface area contributed by atoms with Crippen molar-refractivity contribution < 1.29 is 13.2 Å². The normalized spacial score (nSPS) is 11.2. The number of rotatable bonds is 5. The van der Waals surface area contributed by atoms with Gasteiger partial charge in [-0.2, -0.15) is 0 Å². The fourth-order valence-corrected chi connectivity index (χ4v) is 2.48. The van der Waals surface area contributed by atoms with E-state index in [1.54, 1.807) is 0 Å². The third-order valence-electron chi connectivity index (χ3n) is 1.97. The predicted molar refractivity (Wildman–Crippen MR) is 70.7 cm³/mol. The van der Waals surface area contributed by atoms with Crippen LogP contribution in [0.3, 0.4) is 0 Å². The lowest BCUT2D eigenvalue weighted by Crippen LogP contribution is -2.24. The summed E-state index contributed by atoms with van der Waals surface area (Å²) in [5.41, 5.74) is 5.99. The minimum absolute atomic E-state index is 0.0947. The van der Waals surface area contributed by atoms with Crippen molar-refractivity contribution in [1.82, 2.24) is 4.72 Å². The number of anilines is 1. The molecule has 0 spiro atoms. The summed E-state index contributed by atoms with van der Waals surface area (Å²) in [5, 5.41) is 0. The summed E-state index contributed by atoms with van der Waals surface area (Å²) in [5.74, 6) is 0.325. The average molecular weight is 321 g/mol. The zero-order valence-corrected chi connectivity index (χ0v) is 11.6. The SMILES string of the molecule is C=C(Br)CNS(=O)(=O)c1ccc(N)c(OC)c1. The van der Waals surface area contributed by atoms with Crippen LogP contribution in [-0.4, -0.2) is 22.1 Å². The minimum Gasteiger partial charge on any atom is -0.495 e. The molecule has 0 aliphatic heterocycles. The molecule has 1 rings (SSSR count). The lowest BCUT2D eigenvalue weighted by molar-refractivity contribution is 0.415. The first-order chi connectivity index (χ1) is 7.86. The monoisotopic (exact) mass is 320 g/mol. The Bertz CT molecular complexity index is 528. The number of benzene rings is 1. The second-order valence-electron chi connectivity index (χ2n) is 3.25. The van der Waals surface area contributed by atoms with Gasteiger partial charge in [-0.3, -0.25) is 0 Å². The lowest BCUT2D eigenvalue weighted by atomic mass is 10.3. The van der Waals surface area contributed by atoms with Gasteiger partial charge in [-0.1, -0.05) is 22.5 Å². The van der Waals surface area contributed by atoms with Crippen LogP contribution in [0.1, 0.15) is 0 Å². The number of nitrogens with one attached hydrogen (secondary N) is 1. The van der Waals surface area contributed by atoms with Gasteiger partial charge in [0.2, 0.25) is 10.0 Å². The molecule has 0 saturated heterocycles. The zero-order valence-electron chi connectivity index (χ0n) is 9.23. The van der Waals surface area contributed by atoms with E-state index in [1.807, 2.05) is 0 Å². The first-order valence-corrected chi connectivity index (χ1v) is 6.91. The minimum atomic E-state index is -3.58. The summed E-state index contributed by atoms with van der Waals surface area (Å²) in [6, 6.07) is 4.27.